The molecule has 0 spiro atoms. The molecule has 1 atom stereocenters. The second kappa shape index (κ2) is 6.76. The Balaban J connectivity index is 1.58. The third-order valence-corrected chi connectivity index (χ3v) is 5.32. The lowest BCUT2D eigenvalue weighted by Crippen LogP contribution is -2.39. The van der Waals surface area contributed by atoms with Gasteiger partial charge in [0.05, 0.1) is 4.88 Å². The Labute approximate surface area is 150 Å². The standard InChI is InChI=1S/C18H19N5OS/c1-12-21-14(10-15(22-12)17-19-6-7-20-17)13-4-2-8-23(11-13)18(24)16-5-3-9-25-16/h3,5-7,9-10,13H,2,4,8,11H2,1H3,(H,19,20)/t13-/m1/s1. The first-order chi connectivity index (χ1) is 12.2. The molecular weight excluding hydrogens is 334 g/mol. The highest BCUT2D eigenvalue weighted by atomic mass is 32.1. The van der Waals surface area contributed by atoms with Crippen LogP contribution in [-0.2, 0) is 0 Å². The van der Waals surface area contributed by atoms with E-state index in [0.717, 1.165) is 47.3 Å². The molecule has 0 aliphatic carbocycles. The number of hydrogen-bond donors (Lipinski definition) is 1. The number of nitrogens with one attached hydrogen (secondary N) is 1. The van der Waals surface area contributed by atoms with Gasteiger partial charge in [0.2, 0.25) is 0 Å². The largest absolute Gasteiger partial charge is 0.343 e. The highest BCUT2D eigenvalue weighted by molar-refractivity contribution is 7.12. The van der Waals surface area contributed by atoms with Crippen LogP contribution in [0.1, 0.15) is 39.9 Å². The van der Waals surface area contributed by atoms with Gasteiger partial charge in [-0.1, -0.05) is 6.07 Å². The molecule has 3 aromatic heterocycles. The Morgan fingerprint density at radius 3 is 3.08 bits per heavy atom. The van der Waals surface area contributed by atoms with Crippen molar-refractivity contribution in [3.05, 3.63) is 52.4 Å². The molecule has 0 saturated carbocycles. The fourth-order valence-electron chi connectivity index (χ4n) is 3.29. The van der Waals surface area contributed by atoms with Crippen molar-refractivity contribution in [2.75, 3.05) is 13.1 Å². The summed E-state index contributed by atoms with van der Waals surface area (Å²) in [6.45, 7) is 3.40. The molecule has 3 aromatic rings. The molecule has 0 radical (unpaired) electrons. The van der Waals surface area contributed by atoms with Crippen molar-refractivity contribution in [3.8, 4) is 11.5 Å². The van der Waals surface area contributed by atoms with Gasteiger partial charge in [0.25, 0.3) is 5.91 Å². The SMILES string of the molecule is Cc1nc(-c2ncc[nH]2)cc([C@@H]2CCCN(C(=O)c3cccs3)C2)n1. The van der Waals surface area contributed by atoms with Crippen molar-refractivity contribution < 1.29 is 4.79 Å². The van der Waals surface area contributed by atoms with E-state index in [9.17, 15) is 4.79 Å². The molecule has 0 aromatic carbocycles. The van der Waals surface area contributed by atoms with Crippen LogP contribution in [0.3, 0.4) is 0 Å². The molecule has 6 nitrogen and oxygen atoms in total. The lowest BCUT2D eigenvalue weighted by atomic mass is 9.94. The maximum absolute atomic E-state index is 12.6. The Kier molecular flexibility index (Phi) is 4.31. The number of nitrogens with zero attached hydrogens (tertiary/aromatic N) is 4. The summed E-state index contributed by atoms with van der Waals surface area (Å²) < 4.78 is 0. The van der Waals surface area contributed by atoms with Crippen molar-refractivity contribution >= 4 is 17.2 Å². The molecule has 4 heterocycles. The van der Waals surface area contributed by atoms with Crippen LogP contribution in [0.4, 0.5) is 0 Å². The number of hydrogen-bond acceptors (Lipinski definition) is 5. The quantitative estimate of drug-likeness (QED) is 0.784. The zero-order valence-corrected chi connectivity index (χ0v) is 14.8. The van der Waals surface area contributed by atoms with E-state index in [2.05, 4.69) is 19.9 Å². The van der Waals surface area contributed by atoms with E-state index >= 15 is 0 Å². The fraction of sp³-hybridized carbons (Fsp3) is 0.333. The summed E-state index contributed by atoms with van der Waals surface area (Å²) in [5.41, 5.74) is 1.79. The molecule has 1 saturated heterocycles. The fourth-order valence-corrected chi connectivity index (χ4v) is 3.98. The maximum atomic E-state index is 12.6. The Bertz CT molecular complexity index is 860. The van der Waals surface area contributed by atoms with Crippen LogP contribution in [0, 0.1) is 6.92 Å². The molecule has 25 heavy (non-hydrogen) atoms. The maximum Gasteiger partial charge on any atom is 0.263 e. The van der Waals surface area contributed by atoms with E-state index in [0.29, 0.717) is 6.54 Å². The van der Waals surface area contributed by atoms with Gasteiger partial charge in [-0.25, -0.2) is 15.0 Å². The summed E-state index contributed by atoms with van der Waals surface area (Å²) in [5, 5.41) is 1.94. The molecule has 7 heteroatoms. The minimum Gasteiger partial charge on any atom is -0.343 e. The smallest absolute Gasteiger partial charge is 0.263 e. The highest BCUT2D eigenvalue weighted by Crippen LogP contribution is 2.29. The Morgan fingerprint density at radius 2 is 2.32 bits per heavy atom. The second-order valence-electron chi connectivity index (χ2n) is 6.23. The summed E-state index contributed by atoms with van der Waals surface area (Å²) in [6.07, 6.45) is 5.52. The van der Waals surface area contributed by atoms with Gasteiger partial charge < -0.3 is 9.88 Å². The van der Waals surface area contributed by atoms with Gasteiger partial charge in [-0.2, -0.15) is 0 Å². The first kappa shape index (κ1) is 16.0. The molecule has 0 bridgehead atoms. The van der Waals surface area contributed by atoms with Crippen molar-refractivity contribution in [2.24, 2.45) is 0 Å². The third-order valence-electron chi connectivity index (χ3n) is 4.46. The molecule has 1 aliphatic heterocycles. The van der Waals surface area contributed by atoms with Crippen LogP contribution < -0.4 is 0 Å². The number of likely N-dealkylation sites (tertiary alicyclic amines) is 1. The number of imidazole rings is 1. The first-order valence-corrected chi connectivity index (χ1v) is 9.27. The molecule has 0 unspecified atom stereocenters. The normalized spacial score (nSPS) is 17.6. The van der Waals surface area contributed by atoms with Crippen LogP contribution in [0.25, 0.3) is 11.5 Å². The minimum absolute atomic E-state index is 0.122. The number of thiophene rings is 1. The molecular formula is C18H19N5OS. The number of carbonyl (C=O) groups is 1. The van der Waals surface area contributed by atoms with Crippen molar-refractivity contribution in [1.82, 2.24) is 24.8 Å². The third kappa shape index (κ3) is 3.32. The van der Waals surface area contributed by atoms with E-state index in [-0.39, 0.29) is 11.8 Å². The number of carbonyl (C=O) groups excluding carboxylic acids is 1. The van der Waals surface area contributed by atoms with E-state index in [1.54, 1.807) is 12.4 Å². The number of aromatic amines is 1. The van der Waals surface area contributed by atoms with Crippen molar-refractivity contribution in [1.29, 1.82) is 0 Å². The average molecular weight is 353 g/mol. The molecule has 1 aliphatic rings. The Morgan fingerprint density at radius 1 is 1.40 bits per heavy atom. The van der Waals surface area contributed by atoms with Crippen molar-refractivity contribution in [3.63, 3.8) is 0 Å². The summed E-state index contributed by atoms with van der Waals surface area (Å²) in [4.78, 5) is 31.9. The van der Waals surface area contributed by atoms with Crippen LogP contribution in [0.5, 0.6) is 0 Å². The van der Waals surface area contributed by atoms with Crippen LogP contribution in [0.2, 0.25) is 0 Å². The number of rotatable bonds is 3. The van der Waals surface area contributed by atoms with Gasteiger partial charge in [-0.3, -0.25) is 4.79 Å². The number of aryl methyl sites for hydroxylation is 1. The van der Waals surface area contributed by atoms with Crippen LogP contribution in [-0.4, -0.2) is 43.8 Å². The zero-order valence-electron chi connectivity index (χ0n) is 14.0. The number of aromatic nitrogens is 4. The molecule has 1 fully saturated rings. The zero-order chi connectivity index (χ0) is 17.2. The summed E-state index contributed by atoms with van der Waals surface area (Å²) in [6, 6.07) is 5.80. The number of amides is 1. The van der Waals surface area contributed by atoms with E-state index in [1.165, 1.54) is 11.3 Å². The molecule has 1 amide bonds. The summed E-state index contributed by atoms with van der Waals surface area (Å²) >= 11 is 1.50. The van der Waals surface area contributed by atoms with E-state index < -0.39 is 0 Å². The van der Waals surface area contributed by atoms with E-state index in [4.69, 9.17) is 0 Å². The van der Waals surface area contributed by atoms with Crippen LogP contribution >= 0.6 is 11.3 Å². The highest BCUT2D eigenvalue weighted by Gasteiger charge is 2.27. The predicted octanol–water partition coefficient (Wildman–Crippen LogP) is 3.26. The van der Waals surface area contributed by atoms with Crippen molar-refractivity contribution in [2.45, 2.75) is 25.7 Å². The Hall–Kier alpha value is -2.54. The number of H-pyrrole nitrogens is 1. The lowest BCUT2D eigenvalue weighted by molar-refractivity contribution is 0.0711. The molecule has 128 valence electrons. The van der Waals surface area contributed by atoms with E-state index in [1.807, 2.05) is 35.4 Å². The van der Waals surface area contributed by atoms with Gasteiger partial charge in [0, 0.05) is 37.1 Å². The second-order valence-corrected chi connectivity index (χ2v) is 7.18. The lowest BCUT2D eigenvalue weighted by Gasteiger charge is -2.32. The summed E-state index contributed by atoms with van der Waals surface area (Å²) in [5.74, 6) is 1.82. The van der Waals surface area contributed by atoms with Gasteiger partial charge in [-0.15, -0.1) is 11.3 Å². The number of piperidine rings is 1. The topological polar surface area (TPSA) is 74.8 Å². The minimum atomic E-state index is 0.122. The van der Waals surface area contributed by atoms with Gasteiger partial charge in [0.1, 0.15) is 11.5 Å². The monoisotopic (exact) mass is 353 g/mol. The predicted molar refractivity (Wildman–Crippen MR) is 96.5 cm³/mol. The average Bonchev–Trinajstić information content (AvgIpc) is 3.34. The molecule has 4 rings (SSSR count). The summed E-state index contributed by atoms with van der Waals surface area (Å²) in [7, 11) is 0. The van der Waals surface area contributed by atoms with Crippen LogP contribution in [0.15, 0.2) is 36.0 Å². The molecule has 1 N–H and O–H groups in total. The van der Waals surface area contributed by atoms with Gasteiger partial charge >= 0.3 is 0 Å². The van der Waals surface area contributed by atoms with Gasteiger partial charge in [0.15, 0.2) is 5.82 Å². The first-order valence-electron chi connectivity index (χ1n) is 8.39. The van der Waals surface area contributed by atoms with Gasteiger partial charge in [-0.05, 0) is 37.3 Å².